The highest BCUT2D eigenvalue weighted by Gasteiger charge is 2.35. The standard InChI is InChI=1S/C14H18F3N3O2/c15-14(16,17)9-5-4-6-10(18)12(9)19-11-7-2-1-3-8-20(11)13(21)22/h4-6,11,19H,1-3,7-8,18H2,(H,21,22). The molecule has 122 valence electrons. The molecule has 2 rings (SSSR count). The predicted octanol–water partition coefficient (Wildman–Crippen LogP) is 3.58. The molecule has 0 aromatic heterocycles. The van der Waals surface area contributed by atoms with E-state index in [9.17, 15) is 23.1 Å². The number of alkyl halides is 3. The van der Waals surface area contributed by atoms with Crippen LogP contribution in [-0.4, -0.2) is 28.8 Å². The Balaban J connectivity index is 2.34. The van der Waals surface area contributed by atoms with Gasteiger partial charge in [0.05, 0.1) is 16.9 Å². The van der Waals surface area contributed by atoms with Gasteiger partial charge >= 0.3 is 12.3 Å². The van der Waals surface area contributed by atoms with Crippen LogP contribution in [0.2, 0.25) is 0 Å². The number of anilines is 2. The van der Waals surface area contributed by atoms with Crippen molar-refractivity contribution in [2.75, 3.05) is 17.6 Å². The maximum atomic E-state index is 13.1. The van der Waals surface area contributed by atoms with E-state index in [2.05, 4.69) is 5.32 Å². The summed E-state index contributed by atoms with van der Waals surface area (Å²) in [5.41, 5.74) is 4.47. The molecule has 0 saturated carbocycles. The molecule has 1 aromatic carbocycles. The average Bonchev–Trinajstić information content (AvgIpc) is 2.65. The van der Waals surface area contributed by atoms with E-state index >= 15 is 0 Å². The van der Waals surface area contributed by atoms with E-state index in [1.807, 2.05) is 0 Å². The zero-order valence-electron chi connectivity index (χ0n) is 11.9. The fourth-order valence-electron chi connectivity index (χ4n) is 2.62. The summed E-state index contributed by atoms with van der Waals surface area (Å²) in [6, 6.07) is 3.52. The monoisotopic (exact) mass is 317 g/mol. The number of amides is 1. The van der Waals surface area contributed by atoms with Crippen molar-refractivity contribution in [2.45, 2.75) is 38.0 Å². The summed E-state index contributed by atoms with van der Waals surface area (Å²) in [6.07, 6.45) is -3.70. The summed E-state index contributed by atoms with van der Waals surface area (Å²) in [5.74, 6) is 0. The molecule has 1 aliphatic heterocycles. The lowest BCUT2D eigenvalue weighted by Crippen LogP contribution is -2.44. The van der Waals surface area contributed by atoms with E-state index in [4.69, 9.17) is 5.73 Å². The second-order valence-corrected chi connectivity index (χ2v) is 5.25. The maximum absolute atomic E-state index is 13.1. The third kappa shape index (κ3) is 3.55. The Labute approximate surface area is 125 Å². The molecule has 1 amide bonds. The molecule has 0 spiro atoms. The number of rotatable bonds is 2. The van der Waals surface area contributed by atoms with E-state index in [1.165, 1.54) is 12.1 Å². The number of hydrogen-bond acceptors (Lipinski definition) is 3. The quantitative estimate of drug-likeness (QED) is 0.729. The van der Waals surface area contributed by atoms with Crippen LogP contribution in [0.5, 0.6) is 0 Å². The number of nitrogens with two attached hydrogens (primary N) is 1. The zero-order chi connectivity index (χ0) is 16.3. The highest BCUT2D eigenvalue weighted by molar-refractivity contribution is 5.72. The van der Waals surface area contributed by atoms with Crippen molar-refractivity contribution in [3.8, 4) is 0 Å². The minimum absolute atomic E-state index is 0.0515. The van der Waals surface area contributed by atoms with Crippen molar-refractivity contribution in [1.82, 2.24) is 4.90 Å². The van der Waals surface area contributed by atoms with Crippen molar-refractivity contribution in [3.63, 3.8) is 0 Å². The molecule has 4 N–H and O–H groups in total. The number of para-hydroxylation sites is 1. The summed E-state index contributed by atoms with van der Waals surface area (Å²) in [6.45, 7) is 0.293. The minimum atomic E-state index is -4.56. The van der Waals surface area contributed by atoms with Gasteiger partial charge in [0, 0.05) is 6.54 Å². The zero-order valence-corrected chi connectivity index (χ0v) is 11.9. The van der Waals surface area contributed by atoms with Gasteiger partial charge in [-0.3, -0.25) is 4.90 Å². The first-order valence-electron chi connectivity index (χ1n) is 7.02. The first kappa shape index (κ1) is 16.3. The van der Waals surface area contributed by atoms with E-state index in [0.29, 0.717) is 19.4 Å². The topological polar surface area (TPSA) is 78.6 Å². The summed E-state index contributed by atoms with van der Waals surface area (Å²) < 4.78 is 39.3. The minimum Gasteiger partial charge on any atom is -0.465 e. The molecule has 0 bridgehead atoms. The number of nitrogens with zero attached hydrogens (tertiary/aromatic N) is 1. The largest absolute Gasteiger partial charge is 0.465 e. The Kier molecular flexibility index (Phi) is 4.68. The highest BCUT2D eigenvalue weighted by Crippen LogP contribution is 2.38. The van der Waals surface area contributed by atoms with Gasteiger partial charge in [0.25, 0.3) is 0 Å². The highest BCUT2D eigenvalue weighted by atomic mass is 19.4. The van der Waals surface area contributed by atoms with Gasteiger partial charge in [-0.2, -0.15) is 13.2 Å². The number of halogens is 3. The first-order valence-corrected chi connectivity index (χ1v) is 7.02. The van der Waals surface area contributed by atoms with E-state index in [0.717, 1.165) is 23.8 Å². The lowest BCUT2D eigenvalue weighted by Gasteiger charge is -2.30. The fraction of sp³-hybridized carbons (Fsp3) is 0.500. The second kappa shape index (κ2) is 6.33. The van der Waals surface area contributed by atoms with Gasteiger partial charge in [-0.05, 0) is 31.4 Å². The van der Waals surface area contributed by atoms with Gasteiger partial charge in [0.1, 0.15) is 6.17 Å². The van der Waals surface area contributed by atoms with Crippen LogP contribution in [0.15, 0.2) is 18.2 Å². The van der Waals surface area contributed by atoms with Gasteiger partial charge in [0.2, 0.25) is 0 Å². The van der Waals surface area contributed by atoms with Crippen LogP contribution in [0.25, 0.3) is 0 Å². The third-order valence-corrected chi connectivity index (χ3v) is 3.71. The Morgan fingerprint density at radius 3 is 2.68 bits per heavy atom. The van der Waals surface area contributed by atoms with Crippen LogP contribution in [0.3, 0.4) is 0 Å². The molecule has 1 atom stereocenters. The number of hydrogen-bond donors (Lipinski definition) is 3. The lowest BCUT2D eigenvalue weighted by atomic mass is 10.1. The van der Waals surface area contributed by atoms with Crippen molar-refractivity contribution >= 4 is 17.5 Å². The van der Waals surface area contributed by atoms with Crippen LogP contribution in [-0.2, 0) is 6.18 Å². The van der Waals surface area contributed by atoms with Crippen LogP contribution >= 0.6 is 0 Å². The van der Waals surface area contributed by atoms with Crippen molar-refractivity contribution in [3.05, 3.63) is 23.8 Å². The molecule has 1 saturated heterocycles. The Morgan fingerprint density at radius 2 is 2.05 bits per heavy atom. The third-order valence-electron chi connectivity index (χ3n) is 3.71. The molecule has 1 aromatic rings. The van der Waals surface area contributed by atoms with Gasteiger partial charge in [-0.25, -0.2) is 4.79 Å². The molecular weight excluding hydrogens is 299 g/mol. The van der Waals surface area contributed by atoms with E-state index in [1.54, 1.807) is 0 Å². The van der Waals surface area contributed by atoms with Gasteiger partial charge in [-0.1, -0.05) is 12.5 Å². The molecule has 22 heavy (non-hydrogen) atoms. The van der Waals surface area contributed by atoms with Gasteiger partial charge in [0.15, 0.2) is 0 Å². The number of carboxylic acid groups (broad SMARTS) is 1. The number of nitrogen functional groups attached to an aromatic ring is 1. The Bertz CT molecular complexity index is 549. The van der Waals surface area contributed by atoms with Crippen LogP contribution in [0.4, 0.5) is 29.3 Å². The average molecular weight is 317 g/mol. The smallest absolute Gasteiger partial charge is 0.418 e. The lowest BCUT2D eigenvalue weighted by molar-refractivity contribution is -0.136. The number of carbonyl (C=O) groups is 1. The molecule has 8 heteroatoms. The Morgan fingerprint density at radius 1 is 1.32 bits per heavy atom. The normalized spacial score (nSPS) is 19.6. The summed E-state index contributed by atoms with van der Waals surface area (Å²) >= 11 is 0. The van der Waals surface area contributed by atoms with Crippen molar-refractivity contribution < 1.29 is 23.1 Å². The summed E-state index contributed by atoms with van der Waals surface area (Å²) in [7, 11) is 0. The maximum Gasteiger partial charge on any atom is 0.418 e. The van der Waals surface area contributed by atoms with Crippen LogP contribution < -0.4 is 11.1 Å². The molecule has 0 radical (unpaired) electrons. The predicted molar refractivity (Wildman–Crippen MR) is 76.5 cm³/mol. The Hall–Kier alpha value is -2.12. The number of likely N-dealkylation sites (tertiary alicyclic amines) is 1. The molecule has 1 heterocycles. The fourth-order valence-corrected chi connectivity index (χ4v) is 2.62. The SMILES string of the molecule is Nc1cccc(C(F)(F)F)c1NC1CCCCCN1C(=O)O. The molecular formula is C14H18F3N3O2. The second-order valence-electron chi connectivity index (χ2n) is 5.25. The molecule has 5 nitrogen and oxygen atoms in total. The number of benzene rings is 1. The van der Waals surface area contributed by atoms with Crippen molar-refractivity contribution in [2.24, 2.45) is 0 Å². The van der Waals surface area contributed by atoms with E-state index in [-0.39, 0.29) is 11.4 Å². The molecule has 1 aliphatic rings. The summed E-state index contributed by atoms with van der Waals surface area (Å²) in [4.78, 5) is 12.4. The van der Waals surface area contributed by atoms with Crippen LogP contribution in [0, 0.1) is 0 Å². The van der Waals surface area contributed by atoms with E-state index < -0.39 is 24.0 Å². The molecule has 0 aliphatic carbocycles. The van der Waals surface area contributed by atoms with Crippen LogP contribution in [0.1, 0.15) is 31.2 Å². The molecule has 1 fully saturated rings. The first-order chi connectivity index (χ1) is 10.3. The van der Waals surface area contributed by atoms with Gasteiger partial charge < -0.3 is 16.2 Å². The summed E-state index contributed by atoms with van der Waals surface area (Å²) in [5, 5.41) is 11.9. The molecule has 1 unspecified atom stereocenters. The van der Waals surface area contributed by atoms with Gasteiger partial charge in [-0.15, -0.1) is 0 Å². The van der Waals surface area contributed by atoms with Crippen molar-refractivity contribution in [1.29, 1.82) is 0 Å². The number of nitrogens with one attached hydrogen (secondary N) is 1.